The topological polar surface area (TPSA) is 72.2 Å². The van der Waals surface area contributed by atoms with Crippen LogP contribution in [0.4, 0.5) is 13.2 Å². The van der Waals surface area contributed by atoms with Gasteiger partial charge in [0.05, 0.1) is 4.99 Å². The highest BCUT2D eigenvalue weighted by Crippen LogP contribution is 2.29. The van der Waals surface area contributed by atoms with Crippen molar-refractivity contribution < 1.29 is 21.6 Å². The molecule has 0 spiro atoms. The van der Waals surface area contributed by atoms with Crippen molar-refractivity contribution in [1.29, 1.82) is 0 Å². The smallest absolute Gasteiger partial charge is 0.392 e. The monoisotopic (exact) mass is 310 g/mol. The minimum atomic E-state index is -4.36. The van der Waals surface area contributed by atoms with E-state index in [9.17, 15) is 21.6 Å². The average Bonchev–Trinajstić information content (AvgIpc) is 2.11. The molecule has 0 aliphatic heterocycles. The van der Waals surface area contributed by atoms with Crippen LogP contribution < -0.4 is 10.5 Å². The Hall–Kier alpha value is -0.0600. The first-order chi connectivity index (χ1) is 7.60. The largest absolute Gasteiger partial charge is 0.441 e. The van der Waals surface area contributed by atoms with E-state index in [1.54, 1.807) is 6.92 Å². The molecule has 0 heterocycles. The van der Waals surface area contributed by atoms with Crippen molar-refractivity contribution in [2.45, 2.75) is 24.1 Å². The van der Waals surface area contributed by atoms with Crippen LogP contribution in [0, 0.1) is 0 Å². The van der Waals surface area contributed by atoms with E-state index in [1.807, 2.05) is 4.72 Å². The van der Waals surface area contributed by atoms with Crippen LogP contribution in [-0.4, -0.2) is 36.5 Å². The Morgan fingerprint density at radius 2 is 2.06 bits per heavy atom. The number of thiocarbonyl (C=S) groups is 1. The molecule has 1 atom stereocenters. The third-order valence-electron chi connectivity index (χ3n) is 1.73. The molecule has 0 radical (unpaired) electrons. The maximum Gasteiger partial charge on any atom is 0.441 e. The molecule has 10 heteroatoms. The molecule has 0 amide bonds. The third kappa shape index (κ3) is 7.06. The molecule has 0 aromatic rings. The minimum absolute atomic E-state index is 0.178. The van der Waals surface area contributed by atoms with E-state index in [1.165, 1.54) is 0 Å². The van der Waals surface area contributed by atoms with Gasteiger partial charge in [0.25, 0.3) is 0 Å². The van der Waals surface area contributed by atoms with Gasteiger partial charge >= 0.3 is 5.51 Å². The predicted octanol–water partition coefficient (Wildman–Crippen LogP) is 1.22. The van der Waals surface area contributed by atoms with Gasteiger partial charge in [-0.05, 0) is 18.2 Å². The van der Waals surface area contributed by atoms with Crippen molar-refractivity contribution in [3.8, 4) is 0 Å². The highest BCUT2D eigenvalue weighted by Gasteiger charge is 2.29. The molecule has 17 heavy (non-hydrogen) atoms. The van der Waals surface area contributed by atoms with Crippen molar-refractivity contribution in [2.75, 3.05) is 12.3 Å². The Balaban J connectivity index is 4.24. The van der Waals surface area contributed by atoms with Gasteiger partial charge in [-0.1, -0.05) is 19.1 Å². The summed E-state index contributed by atoms with van der Waals surface area (Å²) in [6.45, 7) is 1.26. The first kappa shape index (κ1) is 16.9. The first-order valence-electron chi connectivity index (χ1n) is 4.58. The van der Waals surface area contributed by atoms with Crippen molar-refractivity contribution in [1.82, 2.24) is 4.72 Å². The van der Waals surface area contributed by atoms with Gasteiger partial charge in [0.2, 0.25) is 10.0 Å². The lowest BCUT2D eigenvalue weighted by molar-refractivity contribution is -0.0327. The SMILES string of the molecule is CCC(C(N)=S)S(=O)(=O)NCCSC(F)(F)F. The van der Waals surface area contributed by atoms with E-state index in [0.717, 1.165) is 0 Å². The van der Waals surface area contributed by atoms with Crippen LogP contribution >= 0.6 is 24.0 Å². The molecule has 102 valence electrons. The van der Waals surface area contributed by atoms with Gasteiger partial charge in [0, 0.05) is 12.3 Å². The molecule has 0 aliphatic carbocycles. The zero-order valence-corrected chi connectivity index (χ0v) is 11.4. The number of nitrogens with one attached hydrogen (secondary N) is 1. The number of rotatable bonds is 7. The Morgan fingerprint density at radius 1 is 1.53 bits per heavy atom. The normalized spacial score (nSPS) is 14.6. The molecule has 0 saturated heterocycles. The van der Waals surface area contributed by atoms with Crippen molar-refractivity contribution in [3.05, 3.63) is 0 Å². The van der Waals surface area contributed by atoms with Crippen LogP contribution in [0.15, 0.2) is 0 Å². The van der Waals surface area contributed by atoms with Crippen molar-refractivity contribution in [2.24, 2.45) is 5.73 Å². The first-order valence-corrected chi connectivity index (χ1v) is 7.52. The Labute approximate surface area is 108 Å². The Kier molecular flexibility index (Phi) is 6.74. The summed E-state index contributed by atoms with van der Waals surface area (Å²) in [5.74, 6) is -0.392. The highest BCUT2D eigenvalue weighted by atomic mass is 32.2. The number of thioether (sulfide) groups is 1. The molecule has 0 aromatic carbocycles. The summed E-state index contributed by atoms with van der Waals surface area (Å²) in [5.41, 5.74) is 0.872. The fourth-order valence-electron chi connectivity index (χ4n) is 1.02. The minimum Gasteiger partial charge on any atom is -0.392 e. The maximum atomic E-state index is 11.8. The van der Waals surface area contributed by atoms with Gasteiger partial charge < -0.3 is 5.73 Å². The quantitative estimate of drug-likeness (QED) is 0.546. The summed E-state index contributed by atoms with van der Waals surface area (Å²) in [6, 6.07) is 0. The number of sulfonamides is 1. The molecular weight excluding hydrogens is 297 g/mol. The average molecular weight is 310 g/mol. The van der Waals surface area contributed by atoms with Crippen LogP contribution in [0.25, 0.3) is 0 Å². The van der Waals surface area contributed by atoms with E-state index in [-0.39, 0.29) is 29.7 Å². The molecule has 0 aromatic heterocycles. The van der Waals surface area contributed by atoms with E-state index in [2.05, 4.69) is 12.2 Å². The second kappa shape index (κ2) is 6.76. The fourth-order valence-corrected chi connectivity index (χ4v) is 3.47. The Morgan fingerprint density at radius 3 is 2.41 bits per heavy atom. The van der Waals surface area contributed by atoms with Crippen LogP contribution in [-0.2, 0) is 10.0 Å². The second-order valence-electron chi connectivity index (χ2n) is 3.03. The summed E-state index contributed by atoms with van der Waals surface area (Å²) in [7, 11) is -3.79. The number of nitrogens with two attached hydrogens (primary N) is 1. The maximum absolute atomic E-state index is 11.8. The standard InChI is InChI=1S/C7H13F3N2O2S3/c1-2-5(6(11)15)17(13,14)12-3-4-16-7(8,9)10/h5,12H,2-4H2,1H3,(H2,11,15). The van der Waals surface area contributed by atoms with Gasteiger partial charge in [-0.2, -0.15) is 13.2 Å². The molecule has 3 N–H and O–H groups in total. The van der Waals surface area contributed by atoms with Crippen molar-refractivity contribution >= 4 is 39.0 Å². The molecule has 0 aliphatic rings. The summed E-state index contributed by atoms with van der Waals surface area (Å²) in [5, 5.41) is -1.05. The van der Waals surface area contributed by atoms with Crippen LogP contribution in [0.1, 0.15) is 13.3 Å². The summed E-state index contributed by atoms with van der Waals surface area (Å²) < 4.78 is 60.5. The van der Waals surface area contributed by atoms with Gasteiger partial charge in [0.15, 0.2) is 0 Å². The molecule has 1 unspecified atom stereocenters. The summed E-state index contributed by atoms with van der Waals surface area (Å²) >= 11 is 4.29. The lowest BCUT2D eigenvalue weighted by Crippen LogP contribution is -2.42. The van der Waals surface area contributed by atoms with Crippen LogP contribution in [0.2, 0.25) is 0 Å². The number of alkyl halides is 3. The lowest BCUT2D eigenvalue weighted by Gasteiger charge is -2.15. The lowest BCUT2D eigenvalue weighted by atomic mass is 10.3. The van der Waals surface area contributed by atoms with E-state index < -0.39 is 26.5 Å². The van der Waals surface area contributed by atoms with Crippen LogP contribution in [0.5, 0.6) is 0 Å². The van der Waals surface area contributed by atoms with E-state index in [4.69, 9.17) is 5.73 Å². The highest BCUT2D eigenvalue weighted by molar-refractivity contribution is 8.00. The zero-order valence-electron chi connectivity index (χ0n) is 8.95. The Bertz CT molecular complexity index is 356. The van der Waals surface area contributed by atoms with Gasteiger partial charge in [0.1, 0.15) is 5.25 Å². The fraction of sp³-hybridized carbons (Fsp3) is 0.857. The molecular formula is C7H13F3N2O2S3. The van der Waals surface area contributed by atoms with E-state index >= 15 is 0 Å². The van der Waals surface area contributed by atoms with Crippen LogP contribution in [0.3, 0.4) is 0 Å². The molecule has 0 saturated carbocycles. The van der Waals surface area contributed by atoms with Gasteiger partial charge in [-0.25, -0.2) is 13.1 Å². The van der Waals surface area contributed by atoms with E-state index in [0.29, 0.717) is 0 Å². The molecule has 0 fully saturated rings. The van der Waals surface area contributed by atoms with Crippen molar-refractivity contribution in [3.63, 3.8) is 0 Å². The molecule has 0 rings (SSSR count). The number of hydrogen-bond acceptors (Lipinski definition) is 4. The molecule has 0 bridgehead atoms. The number of hydrogen-bond donors (Lipinski definition) is 2. The van der Waals surface area contributed by atoms with Gasteiger partial charge in [-0.3, -0.25) is 0 Å². The summed E-state index contributed by atoms with van der Waals surface area (Å²) in [4.78, 5) is -0.191. The number of halogens is 3. The third-order valence-corrected chi connectivity index (χ3v) is 4.85. The summed E-state index contributed by atoms with van der Waals surface area (Å²) in [6.07, 6.45) is 0.178. The second-order valence-corrected chi connectivity index (χ2v) is 6.61. The predicted molar refractivity (Wildman–Crippen MR) is 66.3 cm³/mol. The zero-order chi connectivity index (χ0) is 13.7. The molecule has 4 nitrogen and oxygen atoms in total. The van der Waals surface area contributed by atoms with Gasteiger partial charge in [-0.15, -0.1) is 0 Å².